The van der Waals surface area contributed by atoms with Crippen LogP contribution in [0.1, 0.15) is 6.42 Å². The molecule has 78 valence electrons. The third-order valence-corrected chi connectivity index (χ3v) is 2.63. The Balaban J connectivity index is 1.92. The van der Waals surface area contributed by atoms with Gasteiger partial charge in [-0.2, -0.15) is 0 Å². The first kappa shape index (κ1) is 8.73. The summed E-state index contributed by atoms with van der Waals surface area (Å²) in [4.78, 5) is 4.15. The number of oxazole rings is 1. The molecule has 4 nitrogen and oxygen atoms in total. The van der Waals surface area contributed by atoms with E-state index in [2.05, 4.69) is 10.3 Å². The summed E-state index contributed by atoms with van der Waals surface area (Å²) in [6.07, 6.45) is 2.76. The Bertz CT molecular complexity index is 460. The second-order valence-corrected chi connectivity index (χ2v) is 3.69. The van der Waals surface area contributed by atoms with Gasteiger partial charge in [0.25, 0.3) is 0 Å². The number of rotatable bonds is 2. The Morgan fingerprint density at radius 2 is 2.47 bits per heavy atom. The molecule has 1 saturated heterocycles. The first-order valence-corrected chi connectivity index (χ1v) is 5.13. The zero-order valence-corrected chi connectivity index (χ0v) is 8.27. The fraction of sp³-hybridized carbons (Fsp3) is 0.364. The smallest absolute Gasteiger partial charge is 0.182 e. The van der Waals surface area contributed by atoms with Crippen LogP contribution in [0.2, 0.25) is 0 Å². The van der Waals surface area contributed by atoms with Crippen molar-refractivity contribution in [2.45, 2.75) is 12.5 Å². The number of fused-ring (bicyclic) bond motifs is 1. The lowest BCUT2D eigenvalue weighted by molar-refractivity contribution is 0.225. The highest BCUT2D eigenvalue weighted by molar-refractivity contribution is 5.79. The van der Waals surface area contributed by atoms with Gasteiger partial charge in [-0.3, -0.25) is 0 Å². The minimum Gasteiger partial charge on any atom is -0.487 e. The van der Waals surface area contributed by atoms with Gasteiger partial charge in [-0.15, -0.1) is 0 Å². The van der Waals surface area contributed by atoms with Crippen LogP contribution in [0.15, 0.2) is 29.0 Å². The molecule has 1 fully saturated rings. The number of nitrogens with zero attached hydrogens (tertiary/aromatic N) is 1. The van der Waals surface area contributed by atoms with Crippen LogP contribution >= 0.6 is 0 Å². The van der Waals surface area contributed by atoms with E-state index in [1.807, 2.05) is 18.2 Å². The van der Waals surface area contributed by atoms with Gasteiger partial charge in [0.2, 0.25) is 0 Å². The van der Waals surface area contributed by atoms with E-state index in [0.717, 1.165) is 36.4 Å². The largest absolute Gasteiger partial charge is 0.487 e. The average Bonchev–Trinajstić information content (AvgIpc) is 2.87. The lowest BCUT2D eigenvalue weighted by atomic mass is 10.3. The molecule has 1 aromatic carbocycles. The topological polar surface area (TPSA) is 47.3 Å². The van der Waals surface area contributed by atoms with Crippen LogP contribution < -0.4 is 10.1 Å². The molecule has 0 spiro atoms. The summed E-state index contributed by atoms with van der Waals surface area (Å²) >= 11 is 0. The molecule has 0 bridgehead atoms. The highest BCUT2D eigenvalue weighted by Gasteiger charge is 2.17. The number of benzene rings is 1. The van der Waals surface area contributed by atoms with E-state index in [1.54, 1.807) is 0 Å². The lowest BCUT2D eigenvalue weighted by Crippen LogP contribution is -2.19. The van der Waals surface area contributed by atoms with Crippen LogP contribution in [0.25, 0.3) is 11.1 Å². The van der Waals surface area contributed by atoms with Gasteiger partial charge in [0.1, 0.15) is 11.9 Å². The Labute approximate surface area is 87.2 Å². The monoisotopic (exact) mass is 204 g/mol. The fourth-order valence-corrected chi connectivity index (χ4v) is 1.86. The summed E-state index contributed by atoms with van der Waals surface area (Å²) in [5.41, 5.74) is 1.59. The predicted molar refractivity (Wildman–Crippen MR) is 55.9 cm³/mol. The normalized spacial score (nSPS) is 20.9. The SMILES string of the molecule is c1cc(OC2CCNC2)c2ncoc2c1. The van der Waals surface area contributed by atoms with Gasteiger partial charge in [0.05, 0.1) is 0 Å². The molecule has 0 radical (unpaired) electrons. The van der Waals surface area contributed by atoms with E-state index in [-0.39, 0.29) is 6.10 Å². The van der Waals surface area contributed by atoms with Gasteiger partial charge in [-0.25, -0.2) is 4.98 Å². The third-order valence-electron chi connectivity index (χ3n) is 2.63. The van der Waals surface area contributed by atoms with E-state index in [4.69, 9.17) is 9.15 Å². The molecular weight excluding hydrogens is 192 g/mol. The molecule has 2 heterocycles. The second kappa shape index (κ2) is 3.55. The van der Waals surface area contributed by atoms with Crippen molar-refractivity contribution in [1.82, 2.24) is 10.3 Å². The Hall–Kier alpha value is -1.55. The predicted octanol–water partition coefficient (Wildman–Crippen LogP) is 1.57. The summed E-state index contributed by atoms with van der Waals surface area (Å²) < 4.78 is 11.1. The van der Waals surface area contributed by atoms with Gasteiger partial charge < -0.3 is 14.5 Å². The molecule has 4 heteroatoms. The summed E-state index contributed by atoms with van der Waals surface area (Å²) in [5.74, 6) is 0.815. The van der Waals surface area contributed by atoms with Crippen LogP contribution in [-0.2, 0) is 0 Å². The minimum absolute atomic E-state index is 0.257. The summed E-state index contributed by atoms with van der Waals surface area (Å²) in [7, 11) is 0. The molecule has 0 amide bonds. The molecule has 1 atom stereocenters. The molecule has 2 aromatic rings. The molecular formula is C11H12N2O2. The number of ether oxygens (including phenoxy) is 1. The van der Waals surface area contributed by atoms with Crippen LogP contribution in [0.3, 0.4) is 0 Å². The molecule has 1 aromatic heterocycles. The first-order chi connectivity index (χ1) is 7.43. The quantitative estimate of drug-likeness (QED) is 0.806. The molecule has 15 heavy (non-hydrogen) atoms. The molecule has 1 aliphatic rings. The van der Waals surface area contributed by atoms with Crippen molar-refractivity contribution in [3.05, 3.63) is 24.6 Å². The maximum Gasteiger partial charge on any atom is 0.182 e. The van der Waals surface area contributed by atoms with Crippen LogP contribution in [0, 0.1) is 0 Å². The lowest BCUT2D eigenvalue weighted by Gasteiger charge is -2.11. The van der Waals surface area contributed by atoms with E-state index in [0.29, 0.717) is 0 Å². The Kier molecular flexibility index (Phi) is 2.07. The van der Waals surface area contributed by atoms with Crippen LogP contribution in [-0.4, -0.2) is 24.2 Å². The van der Waals surface area contributed by atoms with Gasteiger partial charge >= 0.3 is 0 Å². The second-order valence-electron chi connectivity index (χ2n) is 3.69. The van der Waals surface area contributed by atoms with Gasteiger partial charge in [0.15, 0.2) is 17.5 Å². The zero-order valence-electron chi connectivity index (χ0n) is 8.27. The van der Waals surface area contributed by atoms with Crippen LogP contribution in [0.4, 0.5) is 0 Å². The zero-order chi connectivity index (χ0) is 10.1. The van der Waals surface area contributed by atoms with Crippen molar-refractivity contribution in [2.24, 2.45) is 0 Å². The number of para-hydroxylation sites is 1. The number of nitrogens with one attached hydrogen (secondary N) is 1. The molecule has 1 aliphatic heterocycles. The summed E-state index contributed by atoms with van der Waals surface area (Å²) in [6, 6.07) is 5.75. The number of hydrogen-bond acceptors (Lipinski definition) is 4. The van der Waals surface area contributed by atoms with Crippen LogP contribution in [0.5, 0.6) is 5.75 Å². The van der Waals surface area contributed by atoms with E-state index < -0.39 is 0 Å². The highest BCUT2D eigenvalue weighted by Crippen LogP contribution is 2.25. The van der Waals surface area contributed by atoms with E-state index >= 15 is 0 Å². The molecule has 3 rings (SSSR count). The number of aromatic nitrogens is 1. The average molecular weight is 204 g/mol. The molecule has 1 unspecified atom stereocenters. The molecule has 0 aliphatic carbocycles. The van der Waals surface area contributed by atoms with E-state index in [1.165, 1.54) is 6.39 Å². The van der Waals surface area contributed by atoms with E-state index in [9.17, 15) is 0 Å². The maximum absolute atomic E-state index is 5.86. The first-order valence-electron chi connectivity index (χ1n) is 5.13. The van der Waals surface area contributed by atoms with Gasteiger partial charge in [-0.1, -0.05) is 6.07 Å². The van der Waals surface area contributed by atoms with Crippen molar-refractivity contribution >= 4 is 11.1 Å². The number of hydrogen-bond donors (Lipinski definition) is 1. The van der Waals surface area contributed by atoms with Crippen molar-refractivity contribution in [2.75, 3.05) is 13.1 Å². The summed E-state index contributed by atoms with van der Waals surface area (Å²) in [6.45, 7) is 1.94. The van der Waals surface area contributed by atoms with Crippen molar-refractivity contribution < 1.29 is 9.15 Å². The van der Waals surface area contributed by atoms with Crippen molar-refractivity contribution in [1.29, 1.82) is 0 Å². The Morgan fingerprint density at radius 3 is 3.33 bits per heavy atom. The van der Waals surface area contributed by atoms with Crippen molar-refractivity contribution in [3.8, 4) is 5.75 Å². The molecule has 1 N–H and O–H groups in total. The molecule has 0 saturated carbocycles. The van der Waals surface area contributed by atoms with Gasteiger partial charge in [-0.05, 0) is 25.1 Å². The fourth-order valence-electron chi connectivity index (χ4n) is 1.86. The minimum atomic E-state index is 0.257. The third kappa shape index (κ3) is 1.57. The van der Waals surface area contributed by atoms with Gasteiger partial charge in [0, 0.05) is 6.54 Å². The van der Waals surface area contributed by atoms with Crippen molar-refractivity contribution in [3.63, 3.8) is 0 Å². The summed E-state index contributed by atoms with van der Waals surface area (Å²) in [5, 5.41) is 3.27. The standard InChI is InChI=1S/C11H12N2O2/c1-2-9-11(13-7-14-9)10(3-1)15-8-4-5-12-6-8/h1-3,7-8,12H,4-6H2. The highest BCUT2D eigenvalue weighted by atomic mass is 16.5. The maximum atomic E-state index is 5.86. The Morgan fingerprint density at radius 1 is 1.47 bits per heavy atom.